The van der Waals surface area contributed by atoms with Gasteiger partial charge in [0.2, 0.25) is 0 Å². The number of amides is 2. The molecule has 10 nitrogen and oxygen atoms in total. The van der Waals surface area contributed by atoms with Crippen LogP contribution in [0.25, 0.3) is 21.9 Å². The number of alkyl carbamates (subject to hydrolysis) is 1. The fourth-order valence-corrected chi connectivity index (χ4v) is 8.09. The third-order valence-electron chi connectivity index (χ3n) is 11.3. The predicted octanol–water partition coefficient (Wildman–Crippen LogP) is 10.6. The zero-order valence-electron chi connectivity index (χ0n) is 37.4. The van der Waals surface area contributed by atoms with Gasteiger partial charge in [0.25, 0.3) is 0 Å². The number of carbonyl (C=O) groups is 2. The molecular formula is C48H72N4O6. The van der Waals surface area contributed by atoms with Crippen molar-refractivity contribution in [2.45, 2.75) is 124 Å². The Bertz CT molecular complexity index is 1850. The lowest BCUT2D eigenvalue weighted by molar-refractivity contribution is 0.0202. The van der Waals surface area contributed by atoms with Crippen LogP contribution in [0.15, 0.2) is 69.5 Å². The third kappa shape index (κ3) is 13.2. The highest BCUT2D eigenvalue weighted by molar-refractivity contribution is 5.78. The number of nitrogens with one attached hydrogen (secondary N) is 1. The lowest BCUT2D eigenvalue weighted by Gasteiger charge is -2.38. The maximum absolute atomic E-state index is 12.4. The predicted molar refractivity (Wildman–Crippen MR) is 235 cm³/mol. The molecule has 0 aliphatic carbocycles. The number of furan rings is 2. The van der Waals surface area contributed by atoms with Crippen molar-refractivity contribution in [3.05, 3.63) is 72.2 Å². The lowest BCUT2D eigenvalue weighted by atomic mass is 9.87. The third-order valence-corrected chi connectivity index (χ3v) is 11.3. The highest BCUT2D eigenvalue weighted by Crippen LogP contribution is 2.33. The summed E-state index contributed by atoms with van der Waals surface area (Å²) in [4.78, 5) is 31.2. The summed E-state index contributed by atoms with van der Waals surface area (Å²) in [7, 11) is 0. The Morgan fingerprint density at radius 1 is 0.672 bits per heavy atom. The van der Waals surface area contributed by atoms with E-state index in [1.54, 1.807) is 0 Å². The topological polar surface area (TPSA) is 101 Å². The Morgan fingerprint density at radius 2 is 1.10 bits per heavy atom. The van der Waals surface area contributed by atoms with E-state index in [1.165, 1.54) is 5.39 Å². The molecule has 0 radical (unpaired) electrons. The first-order valence-electron chi connectivity index (χ1n) is 21.6. The molecule has 58 heavy (non-hydrogen) atoms. The summed E-state index contributed by atoms with van der Waals surface area (Å²) in [5.41, 5.74) is 0.933. The van der Waals surface area contributed by atoms with Crippen LogP contribution in [0.4, 0.5) is 9.59 Å². The first kappa shape index (κ1) is 45.1. The molecule has 4 aromatic rings. The second-order valence-corrected chi connectivity index (χ2v) is 19.9. The highest BCUT2D eigenvalue weighted by Gasteiger charge is 2.33. The molecule has 1 N–H and O–H groups in total. The molecule has 320 valence electrons. The number of nitrogens with zero attached hydrogens (tertiary/aromatic N) is 3. The van der Waals surface area contributed by atoms with Crippen molar-refractivity contribution in [1.82, 2.24) is 20.0 Å². The van der Waals surface area contributed by atoms with E-state index in [0.717, 1.165) is 99.6 Å². The minimum atomic E-state index is -0.449. The lowest BCUT2D eigenvalue weighted by Crippen LogP contribution is -2.45. The van der Waals surface area contributed by atoms with Gasteiger partial charge in [-0.1, -0.05) is 64.1 Å². The zero-order chi connectivity index (χ0) is 42.3. The SMILES string of the molecule is CC(C)(C)OC(=O)NCC1CCN(CC(C)(C)c2cc3ccccc3o2)CC1.CCN(CC1CCN(CC(C)(C)c2cc3ccccc3o2)CC1)C(=O)OC(C)(C)C. The summed E-state index contributed by atoms with van der Waals surface area (Å²) in [5.74, 6) is 3.14. The summed E-state index contributed by atoms with van der Waals surface area (Å²) in [6.07, 6.45) is 3.88. The van der Waals surface area contributed by atoms with Gasteiger partial charge in [-0.25, -0.2) is 9.59 Å². The Morgan fingerprint density at radius 3 is 1.52 bits per heavy atom. The molecule has 2 aromatic carbocycles. The van der Waals surface area contributed by atoms with E-state index in [9.17, 15) is 9.59 Å². The number of piperidine rings is 2. The Hall–Kier alpha value is -4.02. The van der Waals surface area contributed by atoms with E-state index < -0.39 is 11.2 Å². The minimum Gasteiger partial charge on any atom is -0.460 e. The van der Waals surface area contributed by atoms with Crippen molar-refractivity contribution in [3.63, 3.8) is 0 Å². The summed E-state index contributed by atoms with van der Waals surface area (Å²) in [6, 6.07) is 20.7. The van der Waals surface area contributed by atoms with Crippen molar-refractivity contribution in [2.75, 3.05) is 58.9 Å². The van der Waals surface area contributed by atoms with Crippen molar-refractivity contribution in [2.24, 2.45) is 11.8 Å². The maximum Gasteiger partial charge on any atom is 0.410 e. The van der Waals surface area contributed by atoms with Gasteiger partial charge >= 0.3 is 12.2 Å². The normalized spacial score (nSPS) is 16.9. The molecule has 2 aliphatic rings. The number of likely N-dealkylation sites (tertiary alicyclic amines) is 2. The molecule has 4 heterocycles. The fourth-order valence-electron chi connectivity index (χ4n) is 8.09. The molecule has 0 bridgehead atoms. The molecule has 2 aliphatic heterocycles. The monoisotopic (exact) mass is 801 g/mol. The molecule has 2 fully saturated rings. The van der Waals surface area contributed by atoms with Gasteiger partial charge < -0.3 is 38.3 Å². The first-order chi connectivity index (χ1) is 27.2. The van der Waals surface area contributed by atoms with Crippen LogP contribution in [0.2, 0.25) is 0 Å². The number of hydrogen-bond acceptors (Lipinski definition) is 8. The molecule has 0 atom stereocenters. The van der Waals surface area contributed by atoms with Gasteiger partial charge in [0.1, 0.15) is 33.9 Å². The second-order valence-electron chi connectivity index (χ2n) is 19.9. The number of para-hydroxylation sites is 2. The van der Waals surface area contributed by atoms with E-state index in [1.807, 2.05) is 83.7 Å². The van der Waals surface area contributed by atoms with Gasteiger partial charge in [-0.3, -0.25) is 0 Å². The van der Waals surface area contributed by atoms with E-state index in [0.29, 0.717) is 24.9 Å². The largest absolute Gasteiger partial charge is 0.460 e. The molecule has 2 amide bonds. The number of benzene rings is 2. The number of hydrogen-bond donors (Lipinski definition) is 1. The molecule has 0 spiro atoms. The standard InChI is InChI=1S/C25H38N2O3.C23H34N2O3/c1-7-27(23(28)30-24(2,3)4)17-19-12-14-26(15-13-19)18-25(5,6)22-16-20-10-8-9-11-21(20)29-22;1-22(2,3)28-21(26)24-15-17-10-12-25(13-11-17)16-23(4,5)20-14-18-8-6-7-9-19(18)27-20/h8-11,16,19H,7,12-15,17-18H2,1-6H3;6-9,14,17H,10-13,15-16H2,1-5H3,(H,24,26). The average molecular weight is 801 g/mol. The zero-order valence-corrected chi connectivity index (χ0v) is 37.4. The van der Waals surface area contributed by atoms with Gasteiger partial charge in [0.15, 0.2) is 0 Å². The van der Waals surface area contributed by atoms with Crippen LogP contribution in [0.3, 0.4) is 0 Å². The molecule has 0 unspecified atom stereocenters. The molecule has 0 saturated carbocycles. The van der Waals surface area contributed by atoms with Crippen LogP contribution < -0.4 is 5.32 Å². The molecule has 2 aromatic heterocycles. The maximum atomic E-state index is 12.4. The second kappa shape index (κ2) is 18.9. The van der Waals surface area contributed by atoms with Crippen LogP contribution in [-0.2, 0) is 20.3 Å². The Kier molecular flexibility index (Phi) is 14.7. The van der Waals surface area contributed by atoms with Gasteiger partial charge in [-0.15, -0.1) is 0 Å². The minimum absolute atomic E-state index is 0.0411. The smallest absolute Gasteiger partial charge is 0.410 e. The number of carbonyl (C=O) groups excluding carboxylic acids is 2. The number of rotatable bonds is 11. The summed E-state index contributed by atoms with van der Waals surface area (Å²) >= 11 is 0. The van der Waals surface area contributed by atoms with Crippen molar-refractivity contribution in [1.29, 1.82) is 0 Å². The fraction of sp³-hybridized carbons (Fsp3) is 0.625. The highest BCUT2D eigenvalue weighted by atomic mass is 16.6. The van der Waals surface area contributed by atoms with Gasteiger partial charge in [-0.2, -0.15) is 0 Å². The van der Waals surface area contributed by atoms with Crippen molar-refractivity contribution >= 4 is 34.1 Å². The molecule has 2 saturated heterocycles. The van der Waals surface area contributed by atoms with E-state index in [4.69, 9.17) is 18.3 Å². The Labute approximate surface area is 347 Å². The number of ether oxygens (including phenoxy) is 2. The number of fused-ring (bicyclic) bond motifs is 2. The van der Waals surface area contributed by atoms with Crippen LogP contribution in [0, 0.1) is 11.8 Å². The summed E-state index contributed by atoms with van der Waals surface area (Å²) in [5, 5.41) is 5.25. The average Bonchev–Trinajstić information content (AvgIpc) is 3.79. The van der Waals surface area contributed by atoms with E-state index in [2.05, 4.69) is 73.1 Å². The summed E-state index contributed by atoms with van der Waals surface area (Å²) < 4.78 is 23.1. The van der Waals surface area contributed by atoms with E-state index in [-0.39, 0.29) is 23.0 Å². The molecular weight excluding hydrogens is 729 g/mol. The molecule has 10 heteroatoms. The van der Waals surface area contributed by atoms with Gasteiger partial charge in [0, 0.05) is 54.3 Å². The van der Waals surface area contributed by atoms with Crippen LogP contribution in [0.5, 0.6) is 0 Å². The van der Waals surface area contributed by atoms with Gasteiger partial charge in [-0.05, 0) is 136 Å². The van der Waals surface area contributed by atoms with Crippen LogP contribution in [0.1, 0.15) is 113 Å². The molecule has 6 rings (SSSR count). The van der Waals surface area contributed by atoms with Gasteiger partial charge in [0.05, 0.1) is 0 Å². The van der Waals surface area contributed by atoms with E-state index >= 15 is 0 Å². The van der Waals surface area contributed by atoms with Crippen molar-refractivity contribution < 1.29 is 27.9 Å². The summed E-state index contributed by atoms with van der Waals surface area (Å²) in [6.45, 7) is 30.8. The van der Waals surface area contributed by atoms with Crippen LogP contribution in [-0.4, -0.2) is 97.0 Å². The first-order valence-corrected chi connectivity index (χ1v) is 21.6. The van der Waals surface area contributed by atoms with Crippen molar-refractivity contribution in [3.8, 4) is 0 Å². The van der Waals surface area contributed by atoms with Crippen LogP contribution >= 0.6 is 0 Å². The quantitative estimate of drug-likeness (QED) is 0.160. The Balaban J connectivity index is 0.000000221.